The minimum Gasteiger partial charge on any atom is -0.460 e. The quantitative estimate of drug-likeness (QED) is 0.499. The van der Waals surface area contributed by atoms with E-state index < -0.39 is 8.80 Å². The molecular formula is C16H24BrN3O2Si. The van der Waals surface area contributed by atoms with Crippen molar-refractivity contribution in [1.29, 1.82) is 0 Å². The number of rotatable bonds is 8. The molecule has 0 spiro atoms. The fourth-order valence-corrected chi connectivity index (χ4v) is 2.86. The van der Waals surface area contributed by atoms with Crippen LogP contribution in [0.3, 0.4) is 0 Å². The Bertz CT molecular complexity index is 614. The molecular weight excluding hydrogens is 374 g/mol. The third kappa shape index (κ3) is 5.75. The maximum absolute atomic E-state index is 5.77. The first-order chi connectivity index (χ1) is 11.0. The van der Waals surface area contributed by atoms with Gasteiger partial charge in [0.15, 0.2) is 5.82 Å². The van der Waals surface area contributed by atoms with Gasteiger partial charge in [0.25, 0.3) is 0 Å². The molecule has 0 aliphatic heterocycles. The smallest absolute Gasteiger partial charge is 0.336 e. The first-order valence-corrected chi connectivity index (χ1v) is 11.8. The SMILES string of the molecule is CC(C)Oc1nc(-c2ccc(Br)cc2)n(COCC[SiH](C)C)n1. The van der Waals surface area contributed by atoms with Gasteiger partial charge in [-0.15, -0.1) is 5.10 Å². The summed E-state index contributed by atoms with van der Waals surface area (Å²) in [6.07, 6.45) is 0.0384. The molecule has 23 heavy (non-hydrogen) atoms. The van der Waals surface area contributed by atoms with E-state index >= 15 is 0 Å². The Balaban J connectivity index is 2.16. The summed E-state index contributed by atoms with van der Waals surface area (Å²) >= 11 is 3.45. The highest BCUT2D eigenvalue weighted by molar-refractivity contribution is 9.10. The second-order valence-electron chi connectivity index (χ2n) is 6.11. The average Bonchev–Trinajstić information content (AvgIpc) is 2.86. The Morgan fingerprint density at radius 3 is 2.52 bits per heavy atom. The summed E-state index contributed by atoms with van der Waals surface area (Å²) in [5, 5.41) is 4.42. The van der Waals surface area contributed by atoms with Crippen LogP contribution < -0.4 is 4.74 Å². The van der Waals surface area contributed by atoms with Gasteiger partial charge in [-0.2, -0.15) is 4.98 Å². The molecule has 0 N–H and O–H groups in total. The Labute approximate surface area is 147 Å². The molecule has 1 aromatic carbocycles. The number of benzene rings is 1. The number of halogens is 1. The van der Waals surface area contributed by atoms with Crippen LogP contribution >= 0.6 is 15.9 Å². The Hall–Kier alpha value is -1.18. The number of nitrogens with zero attached hydrogens (tertiary/aromatic N) is 3. The number of ether oxygens (including phenoxy) is 2. The lowest BCUT2D eigenvalue weighted by Gasteiger charge is -2.08. The van der Waals surface area contributed by atoms with Crippen LogP contribution in [0, 0.1) is 0 Å². The molecule has 0 aliphatic rings. The first kappa shape index (κ1) is 18.2. The van der Waals surface area contributed by atoms with E-state index in [1.54, 1.807) is 4.68 Å². The molecule has 0 aliphatic carbocycles. The molecule has 0 amide bonds. The highest BCUT2D eigenvalue weighted by atomic mass is 79.9. The van der Waals surface area contributed by atoms with Gasteiger partial charge in [0.2, 0.25) is 0 Å². The molecule has 0 saturated heterocycles. The largest absolute Gasteiger partial charge is 0.460 e. The van der Waals surface area contributed by atoms with E-state index in [9.17, 15) is 0 Å². The van der Waals surface area contributed by atoms with Crippen molar-refractivity contribution in [2.24, 2.45) is 0 Å². The van der Waals surface area contributed by atoms with Crippen LogP contribution in [-0.2, 0) is 11.5 Å². The molecule has 0 bridgehead atoms. The molecule has 0 unspecified atom stereocenters. The van der Waals surface area contributed by atoms with Gasteiger partial charge in [0, 0.05) is 25.4 Å². The van der Waals surface area contributed by atoms with Crippen molar-refractivity contribution in [3.63, 3.8) is 0 Å². The topological polar surface area (TPSA) is 49.2 Å². The van der Waals surface area contributed by atoms with Gasteiger partial charge in [0.1, 0.15) is 6.73 Å². The molecule has 7 heteroatoms. The summed E-state index contributed by atoms with van der Waals surface area (Å²) < 4.78 is 14.2. The van der Waals surface area contributed by atoms with Gasteiger partial charge in [-0.25, -0.2) is 4.68 Å². The van der Waals surface area contributed by atoms with E-state index in [1.165, 1.54) is 0 Å². The molecule has 5 nitrogen and oxygen atoms in total. The Morgan fingerprint density at radius 1 is 1.22 bits per heavy atom. The van der Waals surface area contributed by atoms with E-state index in [4.69, 9.17) is 9.47 Å². The van der Waals surface area contributed by atoms with E-state index in [2.05, 4.69) is 39.1 Å². The van der Waals surface area contributed by atoms with Crippen molar-refractivity contribution in [3.8, 4) is 17.4 Å². The zero-order valence-corrected chi connectivity index (χ0v) is 16.9. The van der Waals surface area contributed by atoms with Gasteiger partial charge in [-0.1, -0.05) is 41.2 Å². The summed E-state index contributed by atoms with van der Waals surface area (Å²) in [5.41, 5.74) is 0.987. The number of hydrogen-bond acceptors (Lipinski definition) is 4. The Morgan fingerprint density at radius 2 is 1.91 bits per heavy atom. The van der Waals surface area contributed by atoms with Gasteiger partial charge in [-0.05, 0) is 32.0 Å². The molecule has 1 heterocycles. The van der Waals surface area contributed by atoms with Gasteiger partial charge in [0.05, 0.1) is 6.10 Å². The normalized spacial score (nSPS) is 11.4. The zero-order chi connectivity index (χ0) is 16.8. The average molecular weight is 398 g/mol. The van der Waals surface area contributed by atoms with E-state index in [0.717, 1.165) is 28.5 Å². The third-order valence-corrected chi connectivity index (χ3v) is 5.07. The minimum atomic E-state index is -0.588. The van der Waals surface area contributed by atoms with Gasteiger partial charge >= 0.3 is 6.01 Å². The first-order valence-electron chi connectivity index (χ1n) is 7.91. The predicted molar refractivity (Wildman–Crippen MR) is 98.6 cm³/mol. The summed E-state index contributed by atoms with van der Waals surface area (Å²) in [5.74, 6) is 0.759. The van der Waals surface area contributed by atoms with Crippen LogP contribution in [-0.4, -0.2) is 36.3 Å². The molecule has 0 saturated carbocycles. The molecule has 1 aromatic heterocycles. The second-order valence-corrected chi connectivity index (χ2v) is 10.4. The van der Waals surface area contributed by atoms with Crippen LogP contribution in [0.2, 0.25) is 19.1 Å². The molecule has 2 aromatic rings. The molecule has 0 fully saturated rings. The van der Waals surface area contributed by atoms with Crippen molar-refractivity contribution in [2.75, 3.05) is 6.61 Å². The number of aromatic nitrogens is 3. The predicted octanol–water partition coefficient (Wildman–Crippen LogP) is 3.96. The highest BCUT2D eigenvalue weighted by Gasteiger charge is 2.14. The van der Waals surface area contributed by atoms with Crippen LogP contribution in [0.5, 0.6) is 6.01 Å². The fraction of sp³-hybridized carbons (Fsp3) is 0.500. The van der Waals surface area contributed by atoms with Gasteiger partial charge in [-0.3, -0.25) is 0 Å². The fourth-order valence-electron chi connectivity index (χ4n) is 1.95. The third-order valence-electron chi connectivity index (χ3n) is 3.15. The second kappa shape index (κ2) is 8.61. The van der Waals surface area contributed by atoms with E-state index in [0.29, 0.717) is 12.7 Å². The lowest BCUT2D eigenvalue weighted by atomic mass is 10.2. The molecule has 126 valence electrons. The zero-order valence-electron chi connectivity index (χ0n) is 14.1. The summed E-state index contributed by atoms with van der Waals surface area (Å²) in [7, 11) is -0.588. The van der Waals surface area contributed by atoms with Crippen LogP contribution in [0.15, 0.2) is 28.7 Å². The Kier molecular flexibility index (Phi) is 6.80. The molecule has 2 rings (SSSR count). The maximum atomic E-state index is 5.77. The standard InChI is InChI=1S/C16H24BrN3O2Si/c1-12(2)22-16-18-15(13-5-7-14(17)8-6-13)20(19-16)11-21-9-10-23(3)4/h5-8,12,23H,9-11H2,1-4H3. The molecule has 0 radical (unpaired) electrons. The van der Waals surface area contributed by atoms with Crippen LogP contribution in [0.1, 0.15) is 13.8 Å². The van der Waals surface area contributed by atoms with Crippen molar-refractivity contribution < 1.29 is 9.47 Å². The highest BCUT2D eigenvalue weighted by Crippen LogP contribution is 2.22. The minimum absolute atomic E-state index is 0.0384. The van der Waals surface area contributed by atoms with Crippen LogP contribution in [0.4, 0.5) is 0 Å². The number of hydrogen-bond donors (Lipinski definition) is 0. The van der Waals surface area contributed by atoms with Crippen molar-refractivity contribution >= 4 is 24.7 Å². The van der Waals surface area contributed by atoms with Crippen molar-refractivity contribution in [2.45, 2.75) is 45.8 Å². The lowest BCUT2D eigenvalue weighted by Crippen LogP contribution is -2.11. The van der Waals surface area contributed by atoms with E-state index in [-0.39, 0.29) is 6.10 Å². The van der Waals surface area contributed by atoms with Crippen molar-refractivity contribution in [3.05, 3.63) is 28.7 Å². The van der Waals surface area contributed by atoms with Gasteiger partial charge < -0.3 is 9.47 Å². The summed E-state index contributed by atoms with van der Waals surface area (Å²) in [4.78, 5) is 4.51. The maximum Gasteiger partial charge on any atom is 0.336 e. The lowest BCUT2D eigenvalue weighted by molar-refractivity contribution is 0.0784. The summed E-state index contributed by atoms with van der Waals surface area (Å²) in [6.45, 7) is 9.72. The van der Waals surface area contributed by atoms with Crippen LogP contribution in [0.25, 0.3) is 11.4 Å². The monoisotopic (exact) mass is 397 g/mol. The molecule has 0 atom stereocenters. The van der Waals surface area contributed by atoms with Crippen molar-refractivity contribution in [1.82, 2.24) is 14.8 Å². The van der Waals surface area contributed by atoms with E-state index in [1.807, 2.05) is 38.1 Å². The summed E-state index contributed by atoms with van der Waals surface area (Å²) in [6, 6.07) is 9.54.